The van der Waals surface area contributed by atoms with Crippen LogP contribution in [0.2, 0.25) is 0 Å². The van der Waals surface area contributed by atoms with Crippen molar-refractivity contribution in [3.8, 4) is 5.75 Å². The first-order valence-corrected chi connectivity index (χ1v) is 12.2. The first-order valence-electron chi connectivity index (χ1n) is 10.7. The minimum Gasteiger partial charge on any atom is -0.497 e. The maximum Gasteiger partial charge on any atom is 0.274 e. The Labute approximate surface area is 173 Å². The van der Waals surface area contributed by atoms with Gasteiger partial charge in [0.2, 0.25) is 0 Å². The van der Waals surface area contributed by atoms with E-state index in [1.807, 2.05) is 0 Å². The average Bonchev–Trinajstić information content (AvgIpc) is 2.94. The SMILES string of the molecule is COc1ccc2c(c1)CCC1C2CCC2(C)C(=O)CC(CCCNS(N)(=O)=O)C12. The largest absolute Gasteiger partial charge is 0.497 e. The van der Waals surface area contributed by atoms with Crippen molar-refractivity contribution in [1.82, 2.24) is 4.72 Å². The summed E-state index contributed by atoms with van der Waals surface area (Å²) < 4.78 is 30.0. The van der Waals surface area contributed by atoms with Crippen molar-refractivity contribution in [2.45, 2.75) is 57.8 Å². The summed E-state index contributed by atoms with van der Waals surface area (Å²) >= 11 is 0. The van der Waals surface area contributed by atoms with E-state index in [2.05, 4.69) is 29.8 Å². The number of aryl methyl sites for hydroxylation is 1. The predicted octanol–water partition coefficient (Wildman–Crippen LogP) is 2.92. The van der Waals surface area contributed by atoms with Crippen LogP contribution in [0, 0.1) is 23.2 Å². The Hall–Kier alpha value is -1.44. The molecule has 0 aromatic heterocycles. The molecule has 5 unspecified atom stereocenters. The highest BCUT2D eigenvalue weighted by atomic mass is 32.2. The highest BCUT2D eigenvalue weighted by Crippen LogP contribution is 2.62. The van der Waals surface area contributed by atoms with Crippen LogP contribution in [-0.4, -0.2) is 27.9 Å². The molecule has 0 radical (unpaired) electrons. The van der Waals surface area contributed by atoms with Gasteiger partial charge in [-0.1, -0.05) is 13.0 Å². The number of carbonyl (C=O) groups excluding carboxylic acids is 1. The minimum absolute atomic E-state index is 0.219. The molecule has 1 aromatic rings. The molecule has 29 heavy (non-hydrogen) atoms. The fraction of sp³-hybridized carbons (Fsp3) is 0.682. The molecule has 1 aromatic carbocycles. The predicted molar refractivity (Wildman–Crippen MR) is 112 cm³/mol. The minimum atomic E-state index is -3.65. The number of hydrogen-bond donors (Lipinski definition) is 2. The Kier molecular flexibility index (Phi) is 5.51. The van der Waals surface area contributed by atoms with Gasteiger partial charge in [0.05, 0.1) is 7.11 Å². The second-order valence-electron chi connectivity index (χ2n) is 9.32. The maximum absolute atomic E-state index is 13.0. The molecule has 3 N–H and O–H groups in total. The molecule has 0 spiro atoms. The number of nitrogens with two attached hydrogens (primary N) is 1. The molecule has 5 atom stereocenters. The number of Topliss-reactive ketones (excluding diaryl/α,β-unsaturated/α-hetero) is 1. The van der Waals surface area contributed by atoms with E-state index in [1.165, 1.54) is 11.1 Å². The van der Waals surface area contributed by atoms with Crippen LogP contribution in [0.25, 0.3) is 0 Å². The number of ketones is 1. The number of nitrogens with one attached hydrogen (secondary N) is 1. The Morgan fingerprint density at radius 1 is 1.31 bits per heavy atom. The van der Waals surface area contributed by atoms with Crippen LogP contribution >= 0.6 is 0 Å². The molecule has 0 aliphatic heterocycles. The van der Waals surface area contributed by atoms with E-state index >= 15 is 0 Å². The number of benzene rings is 1. The van der Waals surface area contributed by atoms with Crippen LogP contribution in [0.3, 0.4) is 0 Å². The van der Waals surface area contributed by atoms with Gasteiger partial charge in [0, 0.05) is 18.4 Å². The molecular weight excluding hydrogens is 388 g/mol. The lowest BCUT2D eigenvalue weighted by Crippen LogP contribution is -2.44. The summed E-state index contributed by atoms with van der Waals surface area (Å²) in [4.78, 5) is 13.0. The van der Waals surface area contributed by atoms with Crippen molar-refractivity contribution >= 4 is 16.0 Å². The first-order chi connectivity index (χ1) is 13.7. The average molecular weight is 421 g/mol. The third-order valence-electron chi connectivity index (χ3n) is 7.83. The molecule has 160 valence electrons. The van der Waals surface area contributed by atoms with Crippen molar-refractivity contribution in [3.05, 3.63) is 29.3 Å². The van der Waals surface area contributed by atoms with Crippen molar-refractivity contribution in [2.75, 3.05) is 13.7 Å². The van der Waals surface area contributed by atoms with Crippen LogP contribution < -0.4 is 14.6 Å². The molecule has 6 nitrogen and oxygen atoms in total. The summed E-state index contributed by atoms with van der Waals surface area (Å²) in [6.07, 6.45) is 6.39. The van der Waals surface area contributed by atoms with Crippen molar-refractivity contribution in [2.24, 2.45) is 28.3 Å². The zero-order chi connectivity index (χ0) is 20.8. The van der Waals surface area contributed by atoms with E-state index in [1.54, 1.807) is 7.11 Å². The zero-order valence-corrected chi connectivity index (χ0v) is 18.1. The molecule has 2 saturated carbocycles. The Morgan fingerprint density at radius 3 is 2.83 bits per heavy atom. The number of rotatable bonds is 6. The third-order valence-corrected chi connectivity index (χ3v) is 8.44. The van der Waals surface area contributed by atoms with Gasteiger partial charge >= 0.3 is 0 Å². The van der Waals surface area contributed by atoms with Gasteiger partial charge in [0.1, 0.15) is 11.5 Å². The number of methoxy groups -OCH3 is 1. The van der Waals surface area contributed by atoms with Crippen molar-refractivity contribution in [1.29, 1.82) is 0 Å². The molecule has 3 aliphatic rings. The van der Waals surface area contributed by atoms with E-state index in [0.29, 0.717) is 48.8 Å². The van der Waals surface area contributed by atoms with Gasteiger partial charge in [-0.2, -0.15) is 8.42 Å². The lowest BCUT2D eigenvalue weighted by atomic mass is 9.54. The van der Waals surface area contributed by atoms with E-state index in [0.717, 1.165) is 37.9 Å². The van der Waals surface area contributed by atoms with Crippen LogP contribution in [0.4, 0.5) is 0 Å². The number of fused-ring (bicyclic) bond motifs is 5. The standard InChI is InChI=1S/C22H32N2O4S/c1-22-10-9-18-17-8-6-16(28-2)12-14(17)5-7-19(18)21(22)15(13-20(22)25)4-3-11-24-29(23,26)27/h6,8,12,15,18-19,21,24H,3-5,7,9-11,13H2,1-2H3,(H2,23,26,27). The van der Waals surface area contributed by atoms with Gasteiger partial charge in [-0.3, -0.25) is 4.79 Å². The Bertz CT molecular complexity index is 900. The maximum atomic E-state index is 13.0. The molecule has 0 heterocycles. The quantitative estimate of drug-likeness (QED) is 0.691. The lowest BCUT2D eigenvalue weighted by molar-refractivity contribution is -0.129. The third kappa shape index (κ3) is 3.84. The zero-order valence-electron chi connectivity index (χ0n) is 17.3. The molecule has 7 heteroatoms. The van der Waals surface area contributed by atoms with Gasteiger partial charge < -0.3 is 4.74 Å². The highest BCUT2D eigenvalue weighted by molar-refractivity contribution is 7.87. The molecule has 2 fully saturated rings. The topological polar surface area (TPSA) is 98.5 Å². The van der Waals surface area contributed by atoms with E-state index < -0.39 is 10.2 Å². The van der Waals surface area contributed by atoms with Crippen molar-refractivity contribution in [3.63, 3.8) is 0 Å². The van der Waals surface area contributed by atoms with E-state index in [-0.39, 0.29) is 5.41 Å². The van der Waals surface area contributed by atoms with Gasteiger partial charge in [0.25, 0.3) is 10.2 Å². The van der Waals surface area contributed by atoms with Gasteiger partial charge in [0.15, 0.2) is 0 Å². The summed E-state index contributed by atoms with van der Waals surface area (Å²) in [5, 5.41) is 5.03. The van der Waals surface area contributed by atoms with Crippen LogP contribution in [0.1, 0.15) is 62.5 Å². The number of carbonyl (C=O) groups is 1. The fourth-order valence-electron chi connectivity index (χ4n) is 6.59. The lowest BCUT2D eigenvalue weighted by Gasteiger charge is -2.50. The van der Waals surface area contributed by atoms with Crippen LogP contribution in [0.15, 0.2) is 18.2 Å². The second-order valence-corrected chi connectivity index (χ2v) is 10.7. The fourth-order valence-corrected chi connectivity index (χ4v) is 7.02. The Balaban J connectivity index is 1.54. The molecule has 4 rings (SSSR count). The summed E-state index contributed by atoms with van der Waals surface area (Å²) in [5.41, 5.74) is 2.62. The van der Waals surface area contributed by atoms with Gasteiger partial charge in [-0.05, 0) is 85.5 Å². The summed E-state index contributed by atoms with van der Waals surface area (Å²) in [6.45, 7) is 2.52. The highest BCUT2D eigenvalue weighted by Gasteiger charge is 2.58. The van der Waals surface area contributed by atoms with Crippen molar-refractivity contribution < 1.29 is 17.9 Å². The van der Waals surface area contributed by atoms with Crippen LogP contribution in [0.5, 0.6) is 5.75 Å². The monoisotopic (exact) mass is 420 g/mol. The van der Waals surface area contributed by atoms with Crippen LogP contribution in [-0.2, 0) is 21.4 Å². The summed E-state index contributed by atoms with van der Waals surface area (Å²) in [6, 6.07) is 6.47. The normalized spacial score (nSPS) is 33.7. The molecule has 0 saturated heterocycles. The molecule has 0 bridgehead atoms. The second kappa shape index (κ2) is 7.67. The summed E-state index contributed by atoms with van der Waals surface area (Å²) in [5.74, 6) is 3.09. The van der Waals surface area contributed by atoms with Gasteiger partial charge in [-0.15, -0.1) is 0 Å². The first kappa shape index (κ1) is 20.8. The molecule has 3 aliphatic carbocycles. The smallest absolute Gasteiger partial charge is 0.274 e. The number of hydrogen-bond acceptors (Lipinski definition) is 4. The van der Waals surface area contributed by atoms with E-state index in [4.69, 9.17) is 9.88 Å². The number of ether oxygens (including phenoxy) is 1. The molecule has 0 amide bonds. The summed E-state index contributed by atoms with van der Waals surface area (Å²) in [7, 11) is -1.94. The Morgan fingerprint density at radius 2 is 2.10 bits per heavy atom. The van der Waals surface area contributed by atoms with Gasteiger partial charge in [-0.25, -0.2) is 9.86 Å². The molecular formula is C22H32N2O4S. The van der Waals surface area contributed by atoms with E-state index in [9.17, 15) is 13.2 Å².